The van der Waals surface area contributed by atoms with Gasteiger partial charge in [-0.1, -0.05) is 0 Å². The summed E-state index contributed by atoms with van der Waals surface area (Å²) in [6, 6.07) is 7.85. The number of nitrogens with zero attached hydrogens (tertiary/aromatic N) is 2. The molecule has 11 heteroatoms. The Labute approximate surface area is 181 Å². The van der Waals surface area contributed by atoms with Crippen LogP contribution in [0.4, 0.5) is 19.0 Å². The molecule has 0 spiro atoms. The maximum absolute atomic E-state index is 10.6. The number of halogens is 3. The van der Waals surface area contributed by atoms with Crippen molar-refractivity contribution in [3.05, 3.63) is 54.0 Å². The molecule has 0 aliphatic carbocycles. The number of hydrogen-bond donors (Lipinski definition) is 2. The maximum atomic E-state index is 10.6. The number of aromatic nitrogens is 2. The smallest absolute Gasteiger partial charge is 0.475 e. The number of pyridine rings is 2. The van der Waals surface area contributed by atoms with E-state index in [1.165, 1.54) is 0 Å². The number of carboxylic acids is 1. The van der Waals surface area contributed by atoms with Crippen LogP contribution >= 0.6 is 11.3 Å². The molecule has 0 amide bonds. The van der Waals surface area contributed by atoms with Crippen molar-refractivity contribution in [2.45, 2.75) is 13.1 Å². The molecule has 0 radical (unpaired) electrons. The molecule has 0 unspecified atom stereocenters. The monoisotopic (exact) mass is 461 g/mol. The lowest BCUT2D eigenvalue weighted by Crippen LogP contribution is -2.21. The Bertz CT molecular complexity index is 1440. The third kappa shape index (κ3) is 4.02. The summed E-state index contributed by atoms with van der Waals surface area (Å²) >= 11 is 1.64. The molecular weight excluding hydrogens is 447 g/mol. The van der Waals surface area contributed by atoms with Crippen molar-refractivity contribution < 1.29 is 31.9 Å². The lowest BCUT2D eigenvalue weighted by atomic mass is 10.1. The largest absolute Gasteiger partial charge is 0.490 e. The quantitative estimate of drug-likeness (QED) is 0.337. The van der Waals surface area contributed by atoms with Gasteiger partial charge in [0.1, 0.15) is 17.3 Å². The van der Waals surface area contributed by atoms with E-state index in [0.717, 1.165) is 43.9 Å². The number of hydrogen-bond acceptors (Lipinski definition) is 7. The number of thiophene rings is 1. The van der Waals surface area contributed by atoms with Crippen molar-refractivity contribution in [1.82, 2.24) is 9.97 Å². The molecule has 164 valence electrons. The summed E-state index contributed by atoms with van der Waals surface area (Å²) in [5.74, 6) is -0.0274. The van der Waals surface area contributed by atoms with Crippen LogP contribution in [0.25, 0.3) is 43.7 Å². The average Bonchev–Trinajstić information content (AvgIpc) is 3.46. The number of furan rings is 2. The summed E-state index contributed by atoms with van der Waals surface area (Å²) in [5.41, 5.74) is 8.52. The van der Waals surface area contributed by atoms with Crippen LogP contribution in [-0.4, -0.2) is 27.2 Å². The number of carboxylic acid groups (broad SMARTS) is 1. The molecule has 0 fully saturated rings. The molecule has 0 aliphatic rings. The van der Waals surface area contributed by atoms with Crippen LogP contribution in [0.2, 0.25) is 0 Å². The first kappa shape index (κ1) is 21.4. The van der Waals surface area contributed by atoms with Gasteiger partial charge < -0.3 is 19.7 Å². The number of alkyl halides is 3. The van der Waals surface area contributed by atoms with Gasteiger partial charge in [0.2, 0.25) is 0 Å². The number of aryl methyl sites for hydroxylation is 1. The molecule has 0 bridgehead atoms. The summed E-state index contributed by atoms with van der Waals surface area (Å²) in [5, 5.41) is 11.2. The second kappa shape index (κ2) is 8.00. The van der Waals surface area contributed by atoms with Crippen LogP contribution in [0, 0.1) is 6.92 Å². The molecule has 32 heavy (non-hydrogen) atoms. The topological polar surface area (TPSA) is 115 Å². The molecule has 3 N–H and O–H groups in total. The van der Waals surface area contributed by atoms with Crippen LogP contribution in [0.1, 0.15) is 5.76 Å². The second-order valence-electron chi connectivity index (χ2n) is 6.64. The van der Waals surface area contributed by atoms with Crippen molar-refractivity contribution in [3.8, 4) is 22.6 Å². The van der Waals surface area contributed by atoms with Gasteiger partial charge in [-0.3, -0.25) is 4.98 Å². The van der Waals surface area contributed by atoms with Gasteiger partial charge in [0.25, 0.3) is 0 Å². The predicted octanol–water partition coefficient (Wildman–Crippen LogP) is 5.89. The van der Waals surface area contributed by atoms with E-state index in [2.05, 4.69) is 15.3 Å². The molecule has 0 atom stereocenters. The fourth-order valence-electron chi connectivity index (χ4n) is 3.03. The van der Waals surface area contributed by atoms with Crippen LogP contribution < -0.4 is 5.73 Å². The van der Waals surface area contributed by atoms with Crippen LogP contribution in [0.15, 0.2) is 57.1 Å². The number of nitrogen functional groups attached to an aromatic ring is 1. The molecule has 0 aromatic carbocycles. The van der Waals surface area contributed by atoms with Gasteiger partial charge >= 0.3 is 12.1 Å². The molecule has 0 saturated heterocycles. The van der Waals surface area contributed by atoms with Crippen molar-refractivity contribution in [2.75, 3.05) is 5.73 Å². The fourth-order valence-corrected chi connectivity index (χ4v) is 3.94. The molecule has 5 rings (SSSR count). The fraction of sp³-hybridized carbons (Fsp3) is 0.0952. The van der Waals surface area contributed by atoms with Gasteiger partial charge in [0.15, 0.2) is 11.4 Å². The summed E-state index contributed by atoms with van der Waals surface area (Å²) in [4.78, 5) is 17.3. The highest BCUT2D eigenvalue weighted by molar-refractivity contribution is 7.17. The first-order chi connectivity index (χ1) is 15.1. The second-order valence-corrected chi connectivity index (χ2v) is 7.56. The first-order valence-corrected chi connectivity index (χ1v) is 9.89. The standard InChI is InChI=1S/C19H13N3O2S.C2HF3O2/c1-10-2-3-15(23-10)13-7-22-19(20)18-12(13)6-16(24-18)14-9-25-17-8-21-5-4-11(14)17;3-2(4,5)1(6)7/h2-9H,1H3,(H2,20,22);(H,6,7). The highest BCUT2D eigenvalue weighted by Gasteiger charge is 2.38. The number of carbonyl (C=O) groups is 1. The van der Waals surface area contributed by atoms with E-state index < -0.39 is 12.1 Å². The van der Waals surface area contributed by atoms with Gasteiger partial charge in [-0.15, -0.1) is 11.3 Å². The molecule has 0 saturated carbocycles. The minimum atomic E-state index is -5.08. The molecular formula is C21H14F3N3O4S. The number of fused-ring (bicyclic) bond motifs is 2. The Balaban J connectivity index is 0.000000307. The van der Waals surface area contributed by atoms with E-state index in [9.17, 15) is 13.2 Å². The zero-order chi connectivity index (χ0) is 23.0. The Morgan fingerprint density at radius 3 is 2.50 bits per heavy atom. The van der Waals surface area contributed by atoms with Gasteiger partial charge in [0.05, 0.1) is 4.70 Å². The maximum Gasteiger partial charge on any atom is 0.490 e. The highest BCUT2D eigenvalue weighted by atomic mass is 32.1. The van der Waals surface area contributed by atoms with Gasteiger partial charge in [-0.2, -0.15) is 13.2 Å². The lowest BCUT2D eigenvalue weighted by Gasteiger charge is -2.00. The van der Waals surface area contributed by atoms with Gasteiger partial charge in [0, 0.05) is 45.9 Å². The highest BCUT2D eigenvalue weighted by Crippen LogP contribution is 2.40. The summed E-state index contributed by atoms with van der Waals surface area (Å²) in [6.07, 6.45) is 0.290. The molecule has 5 aromatic rings. The molecule has 5 heterocycles. The van der Waals surface area contributed by atoms with Crippen molar-refractivity contribution in [2.24, 2.45) is 0 Å². The number of rotatable bonds is 2. The summed E-state index contributed by atoms with van der Waals surface area (Å²) in [7, 11) is 0. The van der Waals surface area contributed by atoms with Gasteiger partial charge in [-0.05, 0) is 31.2 Å². The predicted molar refractivity (Wildman–Crippen MR) is 113 cm³/mol. The summed E-state index contributed by atoms with van der Waals surface area (Å²) in [6.45, 7) is 1.91. The van der Waals surface area contributed by atoms with E-state index in [1.54, 1.807) is 23.7 Å². The zero-order valence-electron chi connectivity index (χ0n) is 16.3. The van der Waals surface area contributed by atoms with E-state index in [1.807, 2.05) is 37.4 Å². The zero-order valence-corrected chi connectivity index (χ0v) is 17.1. The normalized spacial score (nSPS) is 11.5. The van der Waals surface area contributed by atoms with E-state index in [0.29, 0.717) is 11.4 Å². The van der Waals surface area contributed by atoms with E-state index >= 15 is 0 Å². The Morgan fingerprint density at radius 1 is 1.09 bits per heavy atom. The van der Waals surface area contributed by atoms with E-state index in [-0.39, 0.29) is 0 Å². The number of anilines is 1. The van der Waals surface area contributed by atoms with Crippen molar-refractivity contribution >= 4 is 44.2 Å². The summed E-state index contributed by atoms with van der Waals surface area (Å²) < 4.78 is 44.7. The van der Waals surface area contributed by atoms with Crippen LogP contribution in [-0.2, 0) is 4.79 Å². The number of aliphatic carboxylic acids is 1. The van der Waals surface area contributed by atoms with Crippen molar-refractivity contribution in [3.63, 3.8) is 0 Å². The Kier molecular flexibility index (Phi) is 5.35. The molecule has 5 aromatic heterocycles. The van der Waals surface area contributed by atoms with E-state index in [4.69, 9.17) is 24.5 Å². The SMILES string of the molecule is Cc1ccc(-c2cnc(N)c3oc(-c4csc5cnccc45)cc23)o1.O=C(O)C(F)(F)F. The van der Waals surface area contributed by atoms with Crippen LogP contribution in [0.5, 0.6) is 0 Å². The molecule has 7 nitrogen and oxygen atoms in total. The number of nitrogens with two attached hydrogens (primary N) is 1. The Hall–Kier alpha value is -3.86. The Morgan fingerprint density at radius 2 is 1.84 bits per heavy atom. The van der Waals surface area contributed by atoms with Crippen LogP contribution in [0.3, 0.4) is 0 Å². The third-order valence-corrected chi connectivity index (χ3v) is 5.41. The molecule has 0 aliphatic heterocycles. The minimum absolute atomic E-state index is 0.370. The van der Waals surface area contributed by atoms with Gasteiger partial charge in [-0.25, -0.2) is 9.78 Å². The first-order valence-electron chi connectivity index (χ1n) is 9.01. The minimum Gasteiger partial charge on any atom is -0.475 e. The lowest BCUT2D eigenvalue weighted by molar-refractivity contribution is -0.192. The average molecular weight is 461 g/mol. The third-order valence-electron chi connectivity index (χ3n) is 4.48. The van der Waals surface area contributed by atoms with Crippen molar-refractivity contribution in [1.29, 1.82) is 0 Å².